The number of aryl methyl sites for hydroxylation is 1. The van der Waals surface area contributed by atoms with Crippen molar-refractivity contribution in [2.24, 2.45) is 5.10 Å². The van der Waals surface area contributed by atoms with Crippen molar-refractivity contribution < 1.29 is 19.1 Å². The molecule has 0 atom stereocenters. The van der Waals surface area contributed by atoms with Crippen LogP contribution in [0.2, 0.25) is 0 Å². The van der Waals surface area contributed by atoms with Crippen LogP contribution in [0.1, 0.15) is 21.5 Å². The highest BCUT2D eigenvalue weighted by atomic mass is 79.9. The molecular weight excluding hydrogens is 448 g/mol. The SMILES string of the molecule is Cc1ccccc1OCC(=O)N/N=C\c1cccc(OC(=O)c2cccc(Br)c2)c1. The van der Waals surface area contributed by atoms with E-state index in [0.29, 0.717) is 22.6 Å². The van der Waals surface area contributed by atoms with E-state index >= 15 is 0 Å². The number of hydrazone groups is 1. The Balaban J connectivity index is 1.53. The van der Waals surface area contributed by atoms with Gasteiger partial charge in [-0.2, -0.15) is 5.10 Å². The Kier molecular flexibility index (Phi) is 7.34. The van der Waals surface area contributed by atoms with E-state index in [4.69, 9.17) is 9.47 Å². The van der Waals surface area contributed by atoms with Crippen molar-refractivity contribution in [3.8, 4) is 11.5 Å². The summed E-state index contributed by atoms with van der Waals surface area (Å²) in [4.78, 5) is 24.1. The van der Waals surface area contributed by atoms with Gasteiger partial charge < -0.3 is 9.47 Å². The zero-order chi connectivity index (χ0) is 21.3. The monoisotopic (exact) mass is 466 g/mol. The van der Waals surface area contributed by atoms with Crippen LogP contribution in [0.25, 0.3) is 0 Å². The highest BCUT2D eigenvalue weighted by molar-refractivity contribution is 9.10. The summed E-state index contributed by atoms with van der Waals surface area (Å²) in [6, 6.07) is 21.2. The van der Waals surface area contributed by atoms with Crippen molar-refractivity contribution >= 4 is 34.0 Å². The molecule has 3 aromatic carbocycles. The standard InChI is InChI=1S/C23H19BrN2O4/c1-16-6-2-3-11-21(16)29-15-22(27)26-25-14-17-7-4-10-20(12-17)30-23(28)18-8-5-9-19(24)13-18/h2-14H,15H2,1H3,(H,26,27)/b25-14-. The highest BCUT2D eigenvalue weighted by Crippen LogP contribution is 2.17. The molecule has 0 heterocycles. The fourth-order valence-electron chi connectivity index (χ4n) is 2.51. The van der Waals surface area contributed by atoms with Crippen molar-refractivity contribution in [2.45, 2.75) is 6.92 Å². The number of para-hydroxylation sites is 1. The number of hydrogen-bond acceptors (Lipinski definition) is 5. The molecular formula is C23H19BrN2O4. The molecule has 1 N–H and O–H groups in total. The summed E-state index contributed by atoms with van der Waals surface area (Å²) in [6.07, 6.45) is 1.46. The van der Waals surface area contributed by atoms with Crippen LogP contribution in [0.4, 0.5) is 0 Å². The third-order valence-corrected chi connectivity index (χ3v) is 4.48. The second kappa shape index (κ2) is 10.4. The van der Waals surface area contributed by atoms with Gasteiger partial charge in [0.1, 0.15) is 11.5 Å². The maximum atomic E-state index is 12.2. The second-order valence-corrected chi connectivity index (χ2v) is 7.24. The summed E-state index contributed by atoms with van der Waals surface area (Å²) in [5, 5.41) is 3.92. The van der Waals surface area contributed by atoms with Crippen molar-refractivity contribution in [3.63, 3.8) is 0 Å². The predicted molar refractivity (Wildman–Crippen MR) is 118 cm³/mol. The number of carbonyl (C=O) groups excluding carboxylic acids is 2. The van der Waals surface area contributed by atoms with Crippen LogP contribution in [0.3, 0.4) is 0 Å². The molecule has 0 radical (unpaired) electrons. The average molecular weight is 467 g/mol. The van der Waals surface area contributed by atoms with Gasteiger partial charge >= 0.3 is 5.97 Å². The van der Waals surface area contributed by atoms with Crippen LogP contribution in [0.5, 0.6) is 11.5 Å². The van der Waals surface area contributed by atoms with Gasteiger partial charge in [-0.15, -0.1) is 0 Å². The molecule has 0 aliphatic rings. The molecule has 0 saturated heterocycles. The third-order valence-electron chi connectivity index (χ3n) is 3.98. The molecule has 0 saturated carbocycles. The minimum Gasteiger partial charge on any atom is -0.483 e. The van der Waals surface area contributed by atoms with Gasteiger partial charge in [0.05, 0.1) is 11.8 Å². The number of carbonyl (C=O) groups is 2. The van der Waals surface area contributed by atoms with Gasteiger partial charge in [-0.1, -0.05) is 52.3 Å². The summed E-state index contributed by atoms with van der Waals surface area (Å²) in [5.74, 6) is 0.175. The number of esters is 1. The quantitative estimate of drug-likeness (QED) is 0.240. The first-order chi connectivity index (χ1) is 14.5. The summed E-state index contributed by atoms with van der Waals surface area (Å²) in [5.41, 5.74) is 4.45. The second-order valence-electron chi connectivity index (χ2n) is 6.32. The number of amides is 1. The van der Waals surface area contributed by atoms with Crippen LogP contribution in [-0.4, -0.2) is 24.7 Å². The molecule has 0 aromatic heterocycles. The Hall–Kier alpha value is -3.45. The number of ether oxygens (including phenoxy) is 2. The molecule has 0 aliphatic heterocycles. The molecule has 3 aromatic rings. The van der Waals surface area contributed by atoms with Gasteiger partial charge in [-0.25, -0.2) is 10.2 Å². The van der Waals surface area contributed by atoms with Gasteiger partial charge in [-0.3, -0.25) is 4.79 Å². The molecule has 0 fully saturated rings. The molecule has 152 valence electrons. The minimum atomic E-state index is -0.466. The van der Waals surface area contributed by atoms with Gasteiger partial charge in [0.15, 0.2) is 6.61 Å². The first-order valence-corrected chi connectivity index (χ1v) is 9.89. The molecule has 7 heteroatoms. The van der Waals surface area contributed by atoms with Crippen LogP contribution in [0.15, 0.2) is 82.4 Å². The van der Waals surface area contributed by atoms with E-state index in [0.717, 1.165) is 10.0 Å². The fourth-order valence-corrected chi connectivity index (χ4v) is 2.91. The summed E-state index contributed by atoms with van der Waals surface area (Å²) in [7, 11) is 0. The van der Waals surface area contributed by atoms with Crippen LogP contribution in [-0.2, 0) is 4.79 Å². The molecule has 3 rings (SSSR count). The molecule has 6 nitrogen and oxygen atoms in total. The Labute approximate surface area is 182 Å². The first kappa shape index (κ1) is 21.3. The van der Waals surface area contributed by atoms with E-state index in [1.54, 1.807) is 48.5 Å². The highest BCUT2D eigenvalue weighted by Gasteiger charge is 2.09. The Morgan fingerprint density at radius 2 is 1.83 bits per heavy atom. The van der Waals surface area contributed by atoms with E-state index in [1.807, 2.05) is 31.2 Å². The largest absolute Gasteiger partial charge is 0.483 e. The number of nitrogens with one attached hydrogen (secondary N) is 1. The summed E-state index contributed by atoms with van der Waals surface area (Å²) < 4.78 is 11.7. The number of rotatable bonds is 7. The Morgan fingerprint density at radius 1 is 1.03 bits per heavy atom. The number of nitrogens with zero attached hydrogens (tertiary/aromatic N) is 1. The van der Waals surface area contributed by atoms with E-state index in [9.17, 15) is 9.59 Å². The van der Waals surface area contributed by atoms with E-state index in [-0.39, 0.29) is 12.5 Å². The van der Waals surface area contributed by atoms with Crippen molar-refractivity contribution in [2.75, 3.05) is 6.61 Å². The average Bonchev–Trinajstić information content (AvgIpc) is 2.73. The summed E-state index contributed by atoms with van der Waals surface area (Å²) in [6.45, 7) is 1.76. The van der Waals surface area contributed by atoms with E-state index < -0.39 is 5.97 Å². The number of halogens is 1. The molecule has 0 spiro atoms. The lowest BCUT2D eigenvalue weighted by atomic mass is 10.2. The van der Waals surface area contributed by atoms with Crippen LogP contribution >= 0.6 is 15.9 Å². The molecule has 30 heavy (non-hydrogen) atoms. The topological polar surface area (TPSA) is 77.0 Å². The first-order valence-electron chi connectivity index (χ1n) is 9.09. The van der Waals surface area contributed by atoms with Gasteiger partial charge in [0, 0.05) is 4.47 Å². The van der Waals surface area contributed by atoms with Crippen LogP contribution < -0.4 is 14.9 Å². The van der Waals surface area contributed by atoms with E-state index in [1.165, 1.54) is 6.21 Å². The zero-order valence-electron chi connectivity index (χ0n) is 16.2. The number of hydrogen-bond donors (Lipinski definition) is 1. The van der Waals surface area contributed by atoms with Crippen LogP contribution in [0, 0.1) is 6.92 Å². The maximum absolute atomic E-state index is 12.2. The maximum Gasteiger partial charge on any atom is 0.343 e. The predicted octanol–water partition coefficient (Wildman–Crippen LogP) is 4.51. The van der Waals surface area contributed by atoms with E-state index in [2.05, 4.69) is 26.5 Å². The van der Waals surface area contributed by atoms with Crippen molar-refractivity contribution in [3.05, 3.63) is 94.0 Å². The molecule has 0 unspecified atom stereocenters. The van der Waals surface area contributed by atoms with Crippen molar-refractivity contribution in [1.29, 1.82) is 0 Å². The fraction of sp³-hybridized carbons (Fsp3) is 0.0870. The van der Waals surface area contributed by atoms with Gasteiger partial charge in [-0.05, 0) is 54.4 Å². The Morgan fingerprint density at radius 3 is 2.63 bits per heavy atom. The lowest BCUT2D eigenvalue weighted by Crippen LogP contribution is -2.24. The lowest BCUT2D eigenvalue weighted by Gasteiger charge is -2.07. The zero-order valence-corrected chi connectivity index (χ0v) is 17.8. The molecule has 0 aliphatic carbocycles. The third kappa shape index (κ3) is 6.28. The minimum absolute atomic E-state index is 0.146. The smallest absolute Gasteiger partial charge is 0.343 e. The Bertz CT molecular complexity index is 1080. The molecule has 1 amide bonds. The van der Waals surface area contributed by atoms with Gasteiger partial charge in [0.2, 0.25) is 0 Å². The number of benzene rings is 3. The molecule has 0 bridgehead atoms. The van der Waals surface area contributed by atoms with Gasteiger partial charge in [0.25, 0.3) is 5.91 Å². The lowest BCUT2D eigenvalue weighted by molar-refractivity contribution is -0.123. The normalized spacial score (nSPS) is 10.6. The van der Waals surface area contributed by atoms with Crippen molar-refractivity contribution in [1.82, 2.24) is 5.43 Å². The summed E-state index contributed by atoms with van der Waals surface area (Å²) >= 11 is 3.33.